The molecule has 0 atom stereocenters. The average molecular weight is 412 g/mol. The van der Waals surface area contributed by atoms with E-state index in [2.05, 4.69) is 9.71 Å². The molecule has 144 valence electrons. The first-order valence-corrected chi connectivity index (χ1v) is 10.4. The lowest BCUT2D eigenvalue weighted by molar-refractivity contribution is 0.0692. The summed E-state index contributed by atoms with van der Waals surface area (Å²) < 4.78 is 40.4. The van der Waals surface area contributed by atoms with Crippen LogP contribution in [0.1, 0.15) is 23.2 Å². The summed E-state index contributed by atoms with van der Waals surface area (Å²) in [5.74, 6) is -0.587. The molecule has 1 saturated heterocycles. The van der Waals surface area contributed by atoms with Crippen molar-refractivity contribution in [2.24, 2.45) is 5.92 Å². The minimum Gasteiger partial charge on any atom is -0.339 e. The first-order valence-electron chi connectivity index (χ1n) is 8.51. The number of carbonyl (C=O) groups excluding carboxylic acids is 1. The second-order valence-corrected chi connectivity index (χ2v) is 8.57. The Morgan fingerprint density at radius 1 is 1.22 bits per heavy atom. The van der Waals surface area contributed by atoms with Gasteiger partial charge in [-0.15, -0.1) is 0 Å². The van der Waals surface area contributed by atoms with Gasteiger partial charge in [0.2, 0.25) is 10.0 Å². The molecule has 0 saturated carbocycles. The van der Waals surface area contributed by atoms with E-state index in [9.17, 15) is 17.6 Å². The highest BCUT2D eigenvalue weighted by atomic mass is 35.5. The fraction of sp³-hybridized carbons (Fsp3) is 0.333. The molecule has 2 heterocycles. The van der Waals surface area contributed by atoms with Crippen LogP contribution < -0.4 is 4.72 Å². The number of amides is 1. The van der Waals surface area contributed by atoms with Crippen molar-refractivity contribution in [2.45, 2.75) is 17.7 Å². The third kappa shape index (κ3) is 4.82. The minimum atomic E-state index is -3.76. The number of nitrogens with one attached hydrogen (secondary N) is 1. The van der Waals surface area contributed by atoms with Crippen molar-refractivity contribution in [2.75, 3.05) is 19.6 Å². The van der Waals surface area contributed by atoms with Gasteiger partial charge in [0.1, 0.15) is 5.82 Å². The first-order chi connectivity index (χ1) is 12.9. The van der Waals surface area contributed by atoms with Crippen LogP contribution in [0.4, 0.5) is 4.39 Å². The van der Waals surface area contributed by atoms with Crippen LogP contribution in [0.2, 0.25) is 5.02 Å². The second kappa shape index (κ2) is 8.33. The first kappa shape index (κ1) is 19.7. The van der Waals surface area contributed by atoms with Crippen molar-refractivity contribution in [3.63, 3.8) is 0 Å². The van der Waals surface area contributed by atoms with Gasteiger partial charge in [0.05, 0.1) is 9.92 Å². The molecule has 3 rings (SSSR count). The predicted molar refractivity (Wildman–Crippen MR) is 99.5 cm³/mol. The van der Waals surface area contributed by atoms with E-state index in [1.54, 1.807) is 29.4 Å². The Labute approximate surface area is 162 Å². The molecule has 9 heteroatoms. The van der Waals surface area contributed by atoms with Crippen LogP contribution in [-0.2, 0) is 10.0 Å². The summed E-state index contributed by atoms with van der Waals surface area (Å²) in [4.78, 5) is 18.0. The number of sulfonamides is 1. The summed E-state index contributed by atoms with van der Waals surface area (Å²) >= 11 is 5.66. The van der Waals surface area contributed by atoms with Crippen LogP contribution in [0.5, 0.6) is 0 Å². The summed E-state index contributed by atoms with van der Waals surface area (Å²) in [6.07, 6.45) is 4.56. The van der Waals surface area contributed by atoms with Gasteiger partial charge < -0.3 is 4.90 Å². The van der Waals surface area contributed by atoms with Gasteiger partial charge in [-0.25, -0.2) is 17.5 Å². The quantitative estimate of drug-likeness (QED) is 0.820. The Kier molecular flexibility index (Phi) is 6.08. The number of nitrogens with zero attached hydrogens (tertiary/aromatic N) is 2. The van der Waals surface area contributed by atoms with E-state index in [1.165, 1.54) is 6.07 Å². The van der Waals surface area contributed by atoms with Crippen LogP contribution in [0.15, 0.2) is 47.6 Å². The van der Waals surface area contributed by atoms with Crippen molar-refractivity contribution in [3.8, 4) is 0 Å². The molecule has 1 aliphatic heterocycles. The predicted octanol–water partition coefficient (Wildman–Crippen LogP) is 2.70. The monoisotopic (exact) mass is 411 g/mol. The Morgan fingerprint density at radius 3 is 2.52 bits per heavy atom. The van der Waals surface area contributed by atoms with Crippen LogP contribution in [0, 0.1) is 11.7 Å². The summed E-state index contributed by atoms with van der Waals surface area (Å²) in [5, 5.41) is -0.235. The molecule has 6 nitrogen and oxygen atoms in total. The number of benzene rings is 1. The van der Waals surface area contributed by atoms with Gasteiger partial charge in [-0.1, -0.05) is 11.6 Å². The molecular formula is C18H19ClFN3O3S. The zero-order valence-corrected chi connectivity index (χ0v) is 16.0. The average Bonchev–Trinajstić information content (AvgIpc) is 2.69. The maximum atomic E-state index is 13.2. The molecule has 0 spiro atoms. The molecule has 1 aromatic heterocycles. The maximum absolute atomic E-state index is 13.2. The third-order valence-corrected chi connectivity index (χ3v) is 6.30. The molecule has 1 N–H and O–H groups in total. The molecule has 0 bridgehead atoms. The Bertz CT molecular complexity index is 917. The summed E-state index contributed by atoms with van der Waals surface area (Å²) in [6, 6.07) is 6.65. The van der Waals surface area contributed by atoms with E-state index < -0.39 is 15.8 Å². The number of halogens is 2. The Balaban J connectivity index is 1.53. The van der Waals surface area contributed by atoms with E-state index in [4.69, 9.17) is 11.6 Å². The molecule has 2 aromatic rings. The van der Waals surface area contributed by atoms with Gasteiger partial charge in [-0.3, -0.25) is 9.78 Å². The fourth-order valence-electron chi connectivity index (χ4n) is 2.97. The van der Waals surface area contributed by atoms with Gasteiger partial charge in [-0.05, 0) is 49.1 Å². The van der Waals surface area contributed by atoms with Crippen molar-refractivity contribution >= 4 is 27.5 Å². The Hall–Kier alpha value is -2.03. The van der Waals surface area contributed by atoms with Gasteiger partial charge in [-0.2, -0.15) is 0 Å². The highest BCUT2D eigenvalue weighted by Crippen LogP contribution is 2.21. The number of rotatable bonds is 5. The molecule has 0 radical (unpaired) electrons. The number of pyridine rings is 1. The van der Waals surface area contributed by atoms with Gasteiger partial charge in [0.25, 0.3) is 5.91 Å². The van der Waals surface area contributed by atoms with Crippen molar-refractivity contribution < 1.29 is 17.6 Å². The number of likely N-dealkylation sites (tertiary alicyclic amines) is 1. The van der Waals surface area contributed by atoms with Crippen molar-refractivity contribution in [1.29, 1.82) is 0 Å². The van der Waals surface area contributed by atoms with E-state index in [1.807, 2.05) is 0 Å². The van der Waals surface area contributed by atoms with Gasteiger partial charge in [0.15, 0.2) is 0 Å². The molecule has 0 aliphatic carbocycles. The summed E-state index contributed by atoms with van der Waals surface area (Å²) in [7, 11) is -3.76. The zero-order chi connectivity index (χ0) is 19.4. The van der Waals surface area contributed by atoms with Crippen LogP contribution in [0.25, 0.3) is 0 Å². The fourth-order valence-corrected chi connectivity index (χ4v) is 4.36. The largest absolute Gasteiger partial charge is 0.339 e. The Morgan fingerprint density at radius 2 is 1.89 bits per heavy atom. The van der Waals surface area contributed by atoms with Crippen LogP contribution in [-0.4, -0.2) is 43.8 Å². The number of aromatic nitrogens is 1. The third-order valence-electron chi connectivity index (χ3n) is 4.59. The lowest BCUT2D eigenvalue weighted by Crippen LogP contribution is -2.41. The number of carbonyl (C=O) groups is 1. The summed E-state index contributed by atoms with van der Waals surface area (Å²) in [5.41, 5.74) is 0.595. The molecular weight excluding hydrogens is 393 g/mol. The van der Waals surface area contributed by atoms with Crippen molar-refractivity contribution in [3.05, 3.63) is 59.1 Å². The SMILES string of the molecule is O=C(c1ccncc1)N1CCC(CNS(=O)(=O)c2ccc(F)c(Cl)c2)CC1. The maximum Gasteiger partial charge on any atom is 0.253 e. The van der Waals surface area contributed by atoms with E-state index in [-0.39, 0.29) is 28.3 Å². The zero-order valence-electron chi connectivity index (χ0n) is 14.4. The number of hydrogen-bond acceptors (Lipinski definition) is 4. The van der Waals surface area contributed by atoms with Crippen LogP contribution >= 0.6 is 11.6 Å². The van der Waals surface area contributed by atoms with E-state index in [0.29, 0.717) is 31.5 Å². The molecule has 1 amide bonds. The standard InChI is InChI=1S/C18H19ClFN3O3S/c19-16-11-15(1-2-17(16)20)27(25,26)22-12-13-5-9-23(10-6-13)18(24)14-3-7-21-8-4-14/h1-4,7-8,11,13,22H,5-6,9-10,12H2. The smallest absolute Gasteiger partial charge is 0.253 e. The highest BCUT2D eigenvalue weighted by Gasteiger charge is 2.25. The normalized spacial score (nSPS) is 15.7. The molecule has 1 aliphatic rings. The number of hydrogen-bond donors (Lipinski definition) is 1. The molecule has 0 unspecified atom stereocenters. The van der Waals surface area contributed by atoms with Gasteiger partial charge in [0, 0.05) is 37.6 Å². The lowest BCUT2D eigenvalue weighted by Gasteiger charge is -2.32. The molecule has 1 fully saturated rings. The van der Waals surface area contributed by atoms with Crippen molar-refractivity contribution in [1.82, 2.24) is 14.6 Å². The topological polar surface area (TPSA) is 79.4 Å². The van der Waals surface area contributed by atoms with E-state index >= 15 is 0 Å². The summed E-state index contributed by atoms with van der Waals surface area (Å²) in [6.45, 7) is 1.39. The van der Waals surface area contributed by atoms with Crippen LogP contribution in [0.3, 0.4) is 0 Å². The molecule has 27 heavy (non-hydrogen) atoms. The highest BCUT2D eigenvalue weighted by molar-refractivity contribution is 7.89. The minimum absolute atomic E-state index is 0.0441. The van der Waals surface area contributed by atoms with Gasteiger partial charge >= 0.3 is 0 Å². The molecule has 1 aromatic carbocycles. The number of piperidine rings is 1. The van der Waals surface area contributed by atoms with E-state index in [0.717, 1.165) is 12.1 Å². The second-order valence-electron chi connectivity index (χ2n) is 6.40. The lowest BCUT2D eigenvalue weighted by atomic mass is 9.97.